The number of rotatable bonds is 33. The van der Waals surface area contributed by atoms with Crippen molar-refractivity contribution in [2.24, 2.45) is 0 Å². The summed E-state index contributed by atoms with van der Waals surface area (Å²) in [5.74, 6) is -0.834. The monoisotopic (exact) mass is 1300 g/mol. The van der Waals surface area contributed by atoms with Gasteiger partial charge < -0.3 is 78.8 Å². The van der Waals surface area contributed by atoms with Crippen molar-refractivity contribution in [3.63, 3.8) is 0 Å². The Kier molecular flexibility index (Phi) is 29.5. The van der Waals surface area contributed by atoms with Crippen molar-refractivity contribution in [2.45, 2.75) is 62.9 Å². The maximum absolute atomic E-state index is 13.0. The summed E-state index contributed by atoms with van der Waals surface area (Å²) in [5, 5.41) is 15.2. The van der Waals surface area contributed by atoms with Gasteiger partial charge >= 0.3 is 18.2 Å². The quantitative estimate of drug-likeness (QED) is 0.0318. The smallest absolute Gasteiger partial charge is 0.412 e. The first kappa shape index (κ1) is 72.7. The van der Waals surface area contributed by atoms with Crippen LogP contribution in [0.4, 0.5) is 9.59 Å². The Hall–Kier alpha value is -9.78. The molecule has 4 aromatic carbocycles. The van der Waals surface area contributed by atoms with Crippen LogP contribution in [-0.2, 0) is 64.8 Å². The third-order valence-corrected chi connectivity index (χ3v) is 15.1. The lowest BCUT2D eigenvalue weighted by atomic mass is 10.1. The first-order valence-corrected chi connectivity index (χ1v) is 30.9. The minimum absolute atomic E-state index is 0.00867. The predicted octanol–water partition coefficient (Wildman–Crippen LogP) is 4.72. The average molecular weight is 1300 g/mol. The standard InChI is InChI=1S/C31H37N3O13S.C28H37N3O10S/c1-42-21-17-24(44-3)22(25(18-21)45-4)12-15-48(40,41)19-20-8-9-23(43-2)26(16-20)46-31(39)33-14-13-32-27(35)6-5-7-30(38)47-34-28(36)10-11-29(34)37;1-29-26(32)7-6-8-27(33)30-12-13-31-28(34)41-25-15-19(9-10-22(25)38-3)18-42(35,36)14-11-21-23(39-4)16-20(37-2)17-24(21)40-5/h8-9,12,15-18H,5-7,10-11,13-14,19H2,1-4H3,(H,32,35)(H,33,39);9-11,14-17H,6-8,12-13,18H2,1-5H3,(H,29,32)(H,30,33)(H,31,34)/b15-12+;14-11+. The minimum atomic E-state index is -3.83. The Morgan fingerprint density at radius 1 is 0.456 bits per heavy atom. The highest BCUT2D eigenvalue weighted by Gasteiger charge is 2.33. The Morgan fingerprint density at radius 3 is 1.17 bits per heavy atom. The van der Waals surface area contributed by atoms with Gasteiger partial charge in [0.25, 0.3) is 11.8 Å². The number of carbonyl (C=O) groups is 8. The van der Waals surface area contributed by atoms with Gasteiger partial charge in [-0.1, -0.05) is 12.1 Å². The highest BCUT2D eigenvalue weighted by Crippen LogP contribution is 2.37. The van der Waals surface area contributed by atoms with Crippen molar-refractivity contribution in [2.75, 3.05) is 90.1 Å². The van der Waals surface area contributed by atoms with Crippen molar-refractivity contribution in [1.82, 2.24) is 31.6 Å². The fraction of sp³-hybridized carbons (Fsp3) is 0.390. The molecule has 1 heterocycles. The summed E-state index contributed by atoms with van der Waals surface area (Å²) in [5.41, 5.74) is 1.47. The number of imide groups is 1. The normalized spacial score (nSPS) is 12.0. The van der Waals surface area contributed by atoms with E-state index in [4.69, 9.17) is 52.2 Å². The van der Waals surface area contributed by atoms with Gasteiger partial charge in [-0.25, -0.2) is 31.2 Å². The van der Waals surface area contributed by atoms with Crippen LogP contribution in [-0.4, -0.2) is 160 Å². The van der Waals surface area contributed by atoms with Crippen LogP contribution < -0.4 is 74.0 Å². The van der Waals surface area contributed by atoms with Gasteiger partial charge in [-0.3, -0.25) is 24.0 Å². The van der Waals surface area contributed by atoms with Crippen molar-refractivity contribution in [3.8, 4) is 57.5 Å². The van der Waals surface area contributed by atoms with E-state index in [9.17, 15) is 55.2 Å². The summed E-state index contributed by atoms with van der Waals surface area (Å²) in [6, 6.07) is 15.2. The number of nitrogens with zero attached hydrogens (tertiary/aromatic N) is 1. The molecule has 90 heavy (non-hydrogen) atoms. The summed E-state index contributed by atoms with van der Waals surface area (Å²) >= 11 is 0. The molecule has 0 aliphatic carbocycles. The molecule has 1 saturated heterocycles. The molecule has 490 valence electrons. The van der Waals surface area contributed by atoms with Crippen LogP contribution >= 0.6 is 0 Å². The average Bonchev–Trinajstić information content (AvgIpc) is 1.21. The fourth-order valence-electron chi connectivity index (χ4n) is 7.99. The first-order chi connectivity index (χ1) is 42.9. The Labute approximate surface area is 520 Å². The zero-order valence-corrected chi connectivity index (χ0v) is 52.8. The molecule has 0 saturated carbocycles. The molecule has 0 bridgehead atoms. The molecule has 29 nitrogen and oxygen atoms in total. The number of hydrogen-bond acceptors (Lipinski definition) is 23. The number of benzene rings is 4. The van der Waals surface area contributed by atoms with Gasteiger partial charge in [0.05, 0.1) is 79.5 Å². The second-order valence-electron chi connectivity index (χ2n) is 18.8. The van der Waals surface area contributed by atoms with E-state index >= 15 is 0 Å². The number of amides is 7. The number of hydroxylamine groups is 2. The molecule has 0 unspecified atom stereocenters. The SMILES string of the molecule is CNC(=O)CCCC(=O)NCCNC(=O)Oc1cc(CS(=O)(=O)/C=C/c2c(OC)cc(OC)cc2OC)ccc1OC.COc1cc(OC)c(/C=C/S(=O)(=O)Cc2ccc(OC)c(OC(=O)NCCNC(=O)CCCC(=O)ON3C(=O)CCC3=O)c2)c(OC)c1. The van der Waals surface area contributed by atoms with Gasteiger partial charge in [-0.2, -0.15) is 0 Å². The Balaban J connectivity index is 0.000000388. The molecule has 0 aromatic heterocycles. The molecular weight excluding hydrogens is 1220 g/mol. The molecule has 31 heteroatoms. The van der Waals surface area contributed by atoms with E-state index in [2.05, 4.69) is 26.6 Å². The molecule has 1 aliphatic rings. The zero-order valence-electron chi connectivity index (χ0n) is 51.1. The largest absolute Gasteiger partial charge is 0.496 e. The number of ether oxygens (including phenoxy) is 10. The Morgan fingerprint density at radius 2 is 0.811 bits per heavy atom. The third-order valence-electron chi connectivity index (χ3n) is 12.5. The first-order valence-electron chi connectivity index (χ1n) is 27.4. The topological polar surface area (TPSA) is 370 Å². The van der Waals surface area contributed by atoms with E-state index in [0.29, 0.717) is 68.2 Å². The van der Waals surface area contributed by atoms with Gasteiger partial charge in [0.15, 0.2) is 42.7 Å². The number of nitrogens with one attached hydrogen (secondary N) is 5. The van der Waals surface area contributed by atoms with Gasteiger partial charge in [0, 0.05) is 107 Å². The van der Waals surface area contributed by atoms with Crippen LogP contribution in [0.5, 0.6) is 57.5 Å². The molecule has 0 radical (unpaired) electrons. The number of sulfone groups is 2. The van der Waals surface area contributed by atoms with Crippen LogP contribution in [0.1, 0.15) is 73.6 Å². The summed E-state index contributed by atoms with van der Waals surface area (Å²) in [4.78, 5) is 99.4. The van der Waals surface area contributed by atoms with E-state index in [-0.39, 0.29) is 106 Å². The highest BCUT2D eigenvalue weighted by atomic mass is 32.2. The molecule has 0 atom stereocenters. The lowest BCUT2D eigenvalue weighted by molar-refractivity contribution is -0.197. The highest BCUT2D eigenvalue weighted by molar-refractivity contribution is 7.93. The second-order valence-corrected chi connectivity index (χ2v) is 22.6. The van der Waals surface area contributed by atoms with Gasteiger partial charge in [-0.05, 0) is 60.4 Å². The van der Waals surface area contributed by atoms with Crippen LogP contribution in [0.25, 0.3) is 12.2 Å². The van der Waals surface area contributed by atoms with E-state index in [1.165, 1.54) is 106 Å². The lowest BCUT2D eigenvalue weighted by Gasteiger charge is -2.13. The molecule has 5 N–H and O–H groups in total. The van der Waals surface area contributed by atoms with Crippen LogP contribution in [0.3, 0.4) is 0 Å². The predicted molar refractivity (Wildman–Crippen MR) is 325 cm³/mol. The molecule has 5 rings (SSSR count). The number of hydrogen-bond donors (Lipinski definition) is 5. The molecular formula is C59H74N6O23S2. The van der Waals surface area contributed by atoms with Gasteiger partial charge in [-0.15, -0.1) is 5.06 Å². The maximum Gasteiger partial charge on any atom is 0.412 e. The number of carbonyl (C=O) groups excluding carboxylic acids is 8. The van der Waals surface area contributed by atoms with E-state index in [1.807, 2.05) is 0 Å². The van der Waals surface area contributed by atoms with Gasteiger partial charge in [0.2, 0.25) is 17.7 Å². The minimum Gasteiger partial charge on any atom is -0.496 e. The van der Waals surface area contributed by atoms with E-state index < -0.39 is 67.1 Å². The molecule has 1 aliphatic heterocycles. The van der Waals surface area contributed by atoms with Crippen molar-refractivity contribution < 1.29 is 107 Å². The van der Waals surface area contributed by atoms with Crippen molar-refractivity contribution in [3.05, 3.63) is 93.7 Å². The molecule has 1 fully saturated rings. The third kappa shape index (κ3) is 24.1. The van der Waals surface area contributed by atoms with Crippen molar-refractivity contribution >= 4 is 79.5 Å². The summed E-state index contributed by atoms with van der Waals surface area (Å²) in [7, 11) is 5.39. The van der Waals surface area contributed by atoms with E-state index in [0.717, 1.165) is 10.8 Å². The van der Waals surface area contributed by atoms with Crippen LogP contribution in [0.2, 0.25) is 0 Å². The lowest BCUT2D eigenvalue weighted by Crippen LogP contribution is -2.36. The van der Waals surface area contributed by atoms with Crippen LogP contribution in [0.15, 0.2) is 71.5 Å². The fourth-order valence-corrected chi connectivity index (χ4v) is 10.2. The van der Waals surface area contributed by atoms with E-state index in [1.54, 1.807) is 30.3 Å². The summed E-state index contributed by atoms with van der Waals surface area (Å²) < 4.78 is 105. The molecule has 7 amide bonds. The van der Waals surface area contributed by atoms with Crippen molar-refractivity contribution in [1.29, 1.82) is 0 Å². The van der Waals surface area contributed by atoms with Crippen LogP contribution in [0, 0.1) is 0 Å². The second kappa shape index (κ2) is 36.5. The molecule has 4 aromatic rings. The number of methoxy groups -OCH3 is 8. The summed E-state index contributed by atoms with van der Waals surface area (Å²) in [6.45, 7) is 0.269. The maximum atomic E-state index is 13.0. The Bertz CT molecular complexity index is 3420. The van der Waals surface area contributed by atoms with Gasteiger partial charge in [0.1, 0.15) is 34.5 Å². The zero-order chi connectivity index (χ0) is 66.4. The molecule has 0 spiro atoms. The summed E-state index contributed by atoms with van der Waals surface area (Å²) in [6.07, 6.45) is 1.74.